The third-order valence-corrected chi connectivity index (χ3v) is 5.47. The zero-order chi connectivity index (χ0) is 14.2. The van der Waals surface area contributed by atoms with E-state index in [0.29, 0.717) is 5.92 Å². The smallest absolute Gasteiger partial charge is 0.146 e. The zero-order valence-corrected chi connectivity index (χ0v) is 13.3. The molecule has 0 saturated carbocycles. The van der Waals surface area contributed by atoms with Crippen LogP contribution in [0.5, 0.6) is 0 Å². The predicted octanol–water partition coefficient (Wildman–Crippen LogP) is 1.28. The lowest BCUT2D eigenvalue weighted by Gasteiger charge is -2.41. The molecule has 1 aromatic heterocycles. The van der Waals surface area contributed by atoms with E-state index in [1.54, 1.807) is 0 Å². The van der Waals surface area contributed by atoms with Crippen LogP contribution in [0.2, 0.25) is 0 Å². The van der Waals surface area contributed by atoms with Crippen LogP contribution in [-0.4, -0.2) is 47.5 Å². The summed E-state index contributed by atoms with van der Waals surface area (Å²) in [7, 11) is 1.35. The minimum Gasteiger partial charge on any atom is -0.317 e. The molecule has 0 radical (unpaired) electrons. The first-order chi connectivity index (χ1) is 8.81. The normalized spacial score (nSPS) is 24.0. The molecule has 108 valence electrons. The third-order valence-electron chi connectivity index (χ3n) is 3.81. The molecule has 0 bridgehead atoms. The van der Waals surface area contributed by atoms with E-state index in [0.717, 1.165) is 36.2 Å². The van der Waals surface area contributed by atoms with Gasteiger partial charge >= 0.3 is 0 Å². The predicted molar refractivity (Wildman–Crippen MR) is 77.5 cm³/mol. The fraction of sp³-hybridized carbons (Fsp3) is 0.846. The topological polar surface area (TPSA) is 51.0 Å². The van der Waals surface area contributed by atoms with Crippen molar-refractivity contribution >= 4 is 10.8 Å². The molecule has 1 fully saturated rings. The number of hydrogen-bond acceptors (Lipinski definition) is 4. The van der Waals surface area contributed by atoms with Crippen molar-refractivity contribution in [3.05, 3.63) is 11.6 Å². The molecule has 6 heteroatoms. The van der Waals surface area contributed by atoms with Crippen LogP contribution in [0, 0.1) is 0 Å². The summed E-state index contributed by atoms with van der Waals surface area (Å²) in [6.45, 7) is 10.2. The Morgan fingerprint density at radius 3 is 2.58 bits per heavy atom. The summed E-state index contributed by atoms with van der Waals surface area (Å²) >= 11 is 0. The Morgan fingerprint density at radius 1 is 1.37 bits per heavy atom. The van der Waals surface area contributed by atoms with Gasteiger partial charge in [0.15, 0.2) is 0 Å². The molecule has 5 nitrogen and oxygen atoms in total. The number of nitrogens with zero attached hydrogens (tertiary/aromatic N) is 4. The van der Waals surface area contributed by atoms with Crippen LogP contribution >= 0.6 is 0 Å². The van der Waals surface area contributed by atoms with Crippen molar-refractivity contribution in [2.45, 2.75) is 45.7 Å². The third kappa shape index (κ3) is 3.05. The first-order valence-electron chi connectivity index (χ1n) is 6.79. The summed E-state index contributed by atoms with van der Waals surface area (Å²) in [6.07, 6.45) is 0. The minimum atomic E-state index is -0.680. The number of rotatable bonds is 3. The van der Waals surface area contributed by atoms with Gasteiger partial charge in [-0.3, -0.25) is 9.11 Å². The quantitative estimate of drug-likeness (QED) is 0.839. The Bertz CT molecular complexity index is 481. The van der Waals surface area contributed by atoms with Gasteiger partial charge in [0.05, 0.1) is 6.54 Å². The molecule has 0 aromatic carbocycles. The van der Waals surface area contributed by atoms with E-state index in [4.69, 9.17) is 0 Å². The summed E-state index contributed by atoms with van der Waals surface area (Å²) in [5, 5.41) is 8.58. The van der Waals surface area contributed by atoms with Crippen LogP contribution in [0.25, 0.3) is 0 Å². The lowest BCUT2D eigenvalue weighted by Crippen LogP contribution is -2.53. The Kier molecular flexibility index (Phi) is 4.11. The van der Waals surface area contributed by atoms with Crippen molar-refractivity contribution in [2.75, 3.05) is 18.1 Å². The van der Waals surface area contributed by atoms with Crippen LogP contribution < -0.4 is 0 Å². The first-order valence-corrected chi connectivity index (χ1v) is 8.28. The second-order valence-corrected chi connectivity index (χ2v) is 7.79. The van der Waals surface area contributed by atoms with Gasteiger partial charge in [-0.25, -0.2) is 0 Å². The summed E-state index contributed by atoms with van der Waals surface area (Å²) in [5.74, 6) is 3.89. The molecular weight excluding hydrogens is 260 g/mol. The molecule has 1 atom stereocenters. The van der Waals surface area contributed by atoms with Crippen LogP contribution in [0.1, 0.15) is 45.3 Å². The average molecular weight is 284 g/mol. The molecule has 1 saturated heterocycles. The van der Waals surface area contributed by atoms with E-state index in [1.165, 1.54) is 0 Å². The summed E-state index contributed by atoms with van der Waals surface area (Å²) in [4.78, 5) is 2.36. The molecule has 1 aliphatic heterocycles. The van der Waals surface area contributed by atoms with Crippen LogP contribution in [0.4, 0.5) is 0 Å². The summed E-state index contributed by atoms with van der Waals surface area (Å²) < 4.78 is 13.8. The van der Waals surface area contributed by atoms with Crippen molar-refractivity contribution in [1.29, 1.82) is 0 Å². The van der Waals surface area contributed by atoms with Gasteiger partial charge in [0.25, 0.3) is 0 Å². The minimum absolute atomic E-state index is 0.0347. The Balaban J connectivity index is 2.15. The summed E-state index contributed by atoms with van der Waals surface area (Å²) in [5.41, 5.74) is -0.0347. The molecule has 19 heavy (non-hydrogen) atoms. The van der Waals surface area contributed by atoms with Gasteiger partial charge in [0, 0.05) is 47.4 Å². The van der Waals surface area contributed by atoms with Gasteiger partial charge in [-0.15, -0.1) is 10.2 Å². The van der Waals surface area contributed by atoms with Crippen molar-refractivity contribution < 1.29 is 4.21 Å². The highest BCUT2D eigenvalue weighted by Crippen LogP contribution is 2.23. The molecule has 0 spiro atoms. The van der Waals surface area contributed by atoms with Crippen molar-refractivity contribution in [1.82, 2.24) is 19.7 Å². The van der Waals surface area contributed by atoms with Gasteiger partial charge in [-0.1, -0.05) is 13.8 Å². The average Bonchev–Trinajstić information content (AvgIpc) is 2.63. The second kappa shape index (κ2) is 5.32. The van der Waals surface area contributed by atoms with E-state index < -0.39 is 10.8 Å². The largest absolute Gasteiger partial charge is 0.317 e. The second-order valence-electron chi connectivity index (χ2n) is 6.21. The van der Waals surface area contributed by atoms with E-state index >= 15 is 0 Å². The lowest BCUT2D eigenvalue weighted by atomic mass is 10.1. The standard InChI is InChI=1S/C13H24N4OS/c1-10(2)12-15-14-11(16(12)5)8-17-6-7-19(18)9-13(17,3)4/h10H,6-9H2,1-5H3. The maximum atomic E-state index is 11.7. The monoisotopic (exact) mass is 284 g/mol. The molecule has 0 aliphatic carbocycles. The van der Waals surface area contributed by atoms with E-state index in [9.17, 15) is 4.21 Å². The van der Waals surface area contributed by atoms with Gasteiger partial charge in [-0.05, 0) is 13.8 Å². The van der Waals surface area contributed by atoms with Crippen molar-refractivity contribution in [3.8, 4) is 0 Å². The molecule has 2 heterocycles. The van der Waals surface area contributed by atoms with Gasteiger partial charge in [-0.2, -0.15) is 0 Å². The van der Waals surface area contributed by atoms with Gasteiger partial charge < -0.3 is 4.57 Å². The number of aromatic nitrogens is 3. The lowest BCUT2D eigenvalue weighted by molar-refractivity contribution is 0.128. The maximum Gasteiger partial charge on any atom is 0.146 e. The van der Waals surface area contributed by atoms with E-state index in [2.05, 4.69) is 47.4 Å². The molecule has 1 aliphatic rings. The highest BCUT2D eigenvalue weighted by molar-refractivity contribution is 7.85. The molecule has 1 aromatic rings. The van der Waals surface area contributed by atoms with Crippen molar-refractivity contribution in [2.24, 2.45) is 7.05 Å². The molecule has 0 amide bonds. The number of hydrogen-bond donors (Lipinski definition) is 0. The summed E-state index contributed by atoms with van der Waals surface area (Å²) in [6, 6.07) is 0. The Morgan fingerprint density at radius 2 is 2.05 bits per heavy atom. The van der Waals surface area contributed by atoms with Gasteiger partial charge in [0.1, 0.15) is 11.6 Å². The van der Waals surface area contributed by atoms with Crippen LogP contribution in [0.15, 0.2) is 0 Å². The highest BCUT2D eigenvalue weighted by atomic mass is 32.2. The Hall–Kier alpha value is -0.750. The van der Waals surface area contributed by atoms with Gasteiger partial charge in [0.2, 0.25) is 0 Å². The molecule has 0 N–H and O–H groups in total. The van der Waals surface area contributed by atoms with E-state index in [-0.39, 0.29) is 5.54 Å². The molecular formula is C13H24N4OS. The van der Waals surface area contributed by atoms with Crippen molar-refractivity contribution in [3.63, 3.8) is 0 Å². The fourth-order valence-electron chi connectivity index (χ4n) is 2.55. The fourth-order valence-corrected chi connectivity index (χ4v) is 4.09. The van der Waals surface area contributed by atoms with Crippen LogP contribution in [0.3, 0.4) is 0 Å². The zero-order valence-electron chi connectivity index (χ0n) is 12.5. The SMILES string of the molecule is CC(C)c1nnc(CN2CCS(=O)CC2(C)C)n1C. The first kappa shape index (κ1) is 14.7. The maximum absolute atomic E-state index is 11.7. The molecule has 2 rings (SSSR count). The highest BCUT2D eigenvalue weighted by Gasteiger charge is 2.34. The van der Waals surface area contributed by atoms with E-state index in [1.807, 2.05) is 7.05 Å². The molecule has 1 unspecified atom stereocenters. The Labute approximate surface area is 117 Å². The van der Waals surface area contributed by atoms with Crippen LogP contribution in [-0.2, 0) is 24.4 Å².